The maximum atomic E-state index is 6.00. The number of H-pyrrole nitrogens is 1. The minimum atomic E-state index is 0.536. The Morgan fingerprint density at radius 2 is 1.94 bits per heavy atom. The maximum Gasteiger partial charge on any atom is 0.127 e. The summed E-state index contributed by atoms with van der Waals surface area (Å²) in [6.07, 6.45) is 2.49. The van der Waals surface area contributed by atoms with E-state index in [1.165, 1.54) is 18.5 Å². The molecule has 1 N–H and O–H groups in total. The normalized spacial score (nSPS) is 15.2. The number of hydrogen-bond donors (Lipinski definition) is 1. The molecule has 0 aliphatic heterocycles. The Morgan fingerprint density at radius 3 is 2.59 bits per heavy atom. The van der Waals surface area contributed by atoms with E-state index in [-0.39, 0.29) is 0 Å². The zero-order valence-corrected chi connectivity index (χ0v) is 11.2. The predicted molar refractivity (Wildman–Crippen MR) is 72.9 cm³/mol. The van der Waals surface area contributed by atoms with Gasteiger partial charge in [-0.2, -0.15) is 0 Å². The third-order valence-electron chi connectivity index (χ3n) is 2.92. The first-order valence-electron chi connectivity index (χ1n) is 5.42. The van der Waals surface area contributed by atoms with Crippen LogP contribution in [0.1, 0.15) is 24.5 Å². The van der Waals surface area contributed by atoms with Gasteiger partial charge in [0, 0.05) is 11.6 Å². The summed E-state index contributed by atoms with van der Waals surface area (Å²) >= 11 is 17.2. The lowest BCUT2D eigenvalue weighted by Gasteiger charge is -2.04. The van der Waals surface area contributed by atoms with Crippen LogP contribution in [0.5, 0.6) is 0 Å². The second kappa shape index (κ2) is 4.16. The van der Waals surface area contributed by atoms with Crippen LogP contribution >= 0.6 is 35.4 Å². The zero-order valence-electron chi connectivity index (χ0n) is 8.91. The molecule has 0 amide bonds. The zero-order chi connectivity index (χ0) is 12.0. The van der Waals surface area contributed by atoms with Gasteiger partial charge in [0.15, 0.2) is 0 Å². The Balaban J connectivity index is 2.07. The lowest BCUT2D eigenvalue weighted by molar-refractivity contribution is 0.830. The number of aromatic amines is 1. The van der Waals surface area contributed by atoms with Crippen molar-refractivity contribution in [3.8, 4) is 5.69 Å². The quantitative estimate of drug-likeness (QED) is 0.792. The van der Waals surface area contributed by atoms with Gasteiger partial charge in [0.1, 0.15) is 4.64 Å². The Hall–Kier alpha value is -0.770. The van der Waals surface area contributed by atoms with Crippen molar-refractivity contribution in [2.24, 2.45) is 0 Å². The number of hydrogen-bond acceptors (Lipinski definition) is 1. The van der Waals surface area contributed by atoms with Crippen LogP contribution < -0.4 is 0 Å². The number of rotatable bonds is 2. The molecule has 1 aliphatic carbocycles. The van der Waals surface area contributed by atoms with Crippen LogP contribution in [0, 0.1) is 4.64 Å². The first kappa shape index (κ1) is 11.3. The number of benzene rings is 1. The Bertz CT molecular complexity index is 626. The van der Waals surface area contributed by atoms with E-state index in [1.807, 2.05) is 22.9 Å². The molecule has 1 aliphatic rings. The van der Waals surface area contributed by atoms with E-state index < -0.39 is 0 Å². The van der Waals surface area contributed by atoms with Crippen molar-refractivity contribution in [3.63, 3.8) is 0 Å². The van der Waals surface area contributed by atoms with E-state index in [0.717, 1.165) is 10.3 Å². The summed E-state index contributed by atoms with van der Waals surface area (Å²) in [5.41, 5.74) is 2.12. The maximum absolute atomic E-state index is 6.00. The van der Waals surface area contributed by atoms with E-state index >= 15 is 0 Å². The number of nitrogens with zero attached hydrogens (tertiary/aromatic N) is 1. The van der Waals surface area contributed by atoms with Gasteiger partial charge < -0.3 is 0 Å². The van der Waals surface area contributed by atoms with Gasteiger partial charge in [0.2, 0.25) is 0 Å². The molecule has 0 atom stereocenters. The van der Waals surface area contributed by atoms with Gasteiger partial charge in [-0.25, -0.2) is 4.68 Å². The molecule has 1 aromatic heterocycles. The van der Waals surface area contributed by atoms with E-state index in [9.17, 15) is 0 Å². The molecule has 0 unspecified atom stereocenters. The summed E-state index contributed by atoms with van der Waals surface area (Å²) in [5.74, 6) is 0.653. The topological polar surface area (TPSA) is 20.7 Å². The van der Waals surface area contributed by atoms with Crippen LogP contribution in [0.2, 0.25) is 10.0 Å². The molecule has 2 nitrogen and oxygen atoms in total. The third kappa shape index (κ3) is 2.15. The van der Waals surface area contributed by atoms with Crippen LogP contribution in [0.15, 0.2) is 24.3 Å². The average molecular weight is 285 g/mol. The molecule has 3 rings (SSSR count). The summed E-state index contributed by atoms with van der Waals surface area (Å²) in [5, 5.41) is 4.40. The van der Waals surface area contributed by atoms with Gasteiger partial charge >= 0.3 is 0 Å². The van der Waals surface area contributed by atoms with Crippen LogP contribution in [-0.2, 0) is 0 Å². The van der Waals surface area contributed by atoms with Crippen molar-refractivity contribution in [1.82, 2.24) is 9.78 Å². The lowest BCUT2D eigenvalue weighted by Crippen LogP contribution is -1.97. The molecule has 0 radical (unpaired) electrons. The highest BCUT2D eigenvalue weighted by Gasteiger charge is 2.25. The van der Waals surface area contributed by atoms with E-state index in [4.69, 9.17) is 35.4 Å². The molecule has 0 bridgehead atoms. The molecule has 17 heavy (non-hydrogen) atoms. The molecule has 1 aromatic carbocycles. The summed E-state index contributed by atoms with van der Waals surface area (Å²) in [6.45, 7) is 0. The van der Waals surface area contributed by atoms with Gasteiger partial charge in [0.05, 0.1) is 15.7 Å². The van der Waals surface area contributed by atoms with E-state index in [1.54, 1.807) is 6.07 Å². The highest BCUT2D eigenvalue weighted by atomic mass is 35.5. The minimum absolute atomic E-state index is 0.536. The van der Waals surface area contributed by atoms with Crippen LogP contribution in [-0.4, -0.2) is 9.78 Å². The van der Waals surface area contributed by atoms with Crippen LogP contribution in [0.4, 0.5) is 0 Å². The van der Waals surface area contributed by atoms with Gasteiger partial charge in [-0.3, -0.25) is 5.10 Å². The second-order valence-corrected chi connectivity index (χ2v) is 5.49. The van der Waals surface area contributed by atoms with Gasteiger partial charge in [0.25, 0.3) is 0 Å². The summed E-state index contributed by atoms with van der Waals surface area (Å²) in [6, 6.07) is 7.51. The van der Waals surface area contributed by atoms with E-state index in [0.29, 0.717) is 16.0 Å². The largest absolute Gasteiger partial charge is 0.297 e. The monoisotopic (exact) mass is 284 g/mol. The summed E-state index contributed by atoms with van der Waals surface area (Å²) in [4.78, 5) is 0. The molecule has 1 saturated carbocycles. The third-order valence-corrected chi connectivity index (χ3v) is 3.96. The van der Waals surface area contributed by atoms with Crippen LogP contribution in [0.25, 0.3) is 5.69 Å². The Kier molecular flexibility index (Phi) is 2.77. The van der Waals surface area contributed by atoms with Crippen molar-refractivity contribution >= 4 is 35.4 Å². The molecular weight excluding hydrogens is 275 g/mol. The number of aromatic nitrogens is 2. The number of nitrogens with one attached hydrogen (secondary N) is 1. The van der Waals surface area contributed by atoms with Crippen molar-refractivity contribution in [1.29, 1.82) is 0 Å². The fourth-order valence-electron chi connectivity index (χ4n) is 1.83. The van der Waals surface area contributed by atoms with Gasteiger partial charge in [-0.05, 0) is 37.1 Å². The van der Waals surface area contributed by atoms with Crippen LogP contribution in [0.3, 0.4) is 0 Å². The van der Waals surface area contributed by atoms with Crippen molar-refractivity contribution in [2.75, 3.05) is 0 Å². The fraction of sp³-hybridized carbons (Fsp3) is 0.250. The number of halogens is 2. The van der Waals surface area contributed by atoms with Crippen molar-refractivity contribution in [2.45, 2.75) is 18.8 Å². The molecule has 1 fully saturated rings. The SMILES string of the molecule is S=c1cc(C2CC2)[nH]n1-c1ccc(Cl)c(Cl)c1. The fourth-order valence-corrected chi connectivity index (χ4v) is 2.40. The first-order chi connectivity index (χ1) is 8.15. The molecule has 2 aromatic rings. The summed E-state index contributed by atoms with van der Waals surface area (Å²) < 4.78 is 2.64. The second-order valence-electron chi connectivity index (χ2n) is 4.26. The average Bonchev–Trinajstić information content (AvgIpc) is 3.07. The van der Waals surface area contributed by atoms with E-state index in [2.05, 4.69) is 5.10 Å². The molecule has 0 spiro atoms. The molecule has 88 valence electrons. The summed E-state index contributed by atoms with van der Waals surface area (Å²) in [7, 11) is 0. The standard InChI is InChI=1S/C12H10Cl2N2S/c13-9-4-3-8(5-10(9)14)16-12(17)6-11(15-16)7-1-2-7/h3-7,15H,1-2H2. The smallest absolute Gasteiger partial charge is 0.127 e. The highest BCUT2D eigenvalue weighted by molar-refractivity contribution is 7.71. The van der Waals surface area contributed by atoms with Gasteiger partial charge in [-0.1, -0.05) is 35.4 Å². The predicted octanol–water partition coefficient (Wildman–Crippen LogP) is 4.72. The molecular formula is C12H10Cl2N2S. The lowest BCUT2D eigenvalue weighted by atomic mass is 10.3. The van der Waals surface area contributed by atoms with Gasteiger partial charge in [-0.15, -0.1) is 0 Å². The molecule has 0 saturated heterocycles. The van der Waals surface area contributed by atoms with Crippen molar-refractivity contribution in [3.05, 3.63) is 44.6 Å². The highest BCUT2D eigenvalue weighted by Crippen LogP contribution is 2.39. The van der Waals surface area contributed by atoms with Crippen molar-refractivity contribution < 1.29 is 0 Å². The Morgan fingerprint density at radius 1 is 1.18 bits per heavy atom. The molecule has 1 heterocycles. The Labute approximate surface area is 114 Å². The molecule has 5 heteroatoms. The minimum Gasteiger partial charge on any atom is -0.297 e. The first-order valence-corrected chi connectivity index (χ1v) is 6.59.